The van der Waals surface area contributed by atoms with Gasteiger partial charge in [0.15, 0.2) is 0 Å². The van der Waals surface area contributed by atoms with Crippen LogP contribution in [0.2, 0.25) is 0 Å². The maximum atomic E-state index is 13.3. The molecule has 1 heterocycles. The van der Waals surface area contributed by atoms with Crippen molar-refractivity contribution in [2.45, 2.75) is 55.2 Å². The van der Waals surface area contributed by atoms with Crippen LogP contribution in [-0.4, -0.2) is 37.3 Å². The average Bonchev–Trinajstić information content (AvgIpc) is 2.61. The molecule has 1 aliphatic heterocycles. The second kappa shape index (κ2) is 8.00. The molecule has 2 atom stereocenters. The van der Waals surface area contributed by atoms with Crippen molar-refractivity contribution in [1.29, 1.82) is 0 Å². The Balaban J connectivity index is 1.72. The zero-order chi connectivity index (χ0) is 16.1. The molecule has 1 saturated carbocycles. The number of ether oxygens (including phenoxy) is 1. The van der Waals surface area contributed by atoms with Crippen LogP contribution in [0.4, 0.5) is 4.39 Å². The van der Waals surface area contributed by atoms with Gasteiger partial charge in [0.25, 0.3) is 0 Å². The topological polar surface area (TPSA) is 21.3 Å². The smallest absolute Gasteiger partial charge is 0.123 e. The minimum atomic E-state index is -0.154. The summed E-state index contributed by atoms with van der Waals surface area (Å²) in [5.41, 5.74) is 1.35. The van der Waals surface area contributed by atoms with Gasteiger partial charge in [-0.3, -0.25) is 0 Å². The molecule has 1 saturated heterocycles. The Morgan fingerprint density at radius 1 is 1.17 bits per heavy atom. The van der Waals surface area contributed by atoms with Crippen molar-refractivity contribution in [2.24, 2.45) is 0 Å². The normalized spacial score (nSPS) is 27.7. The second-order valence-corrected chi connectivity index (χ2v) is 8.02. The third-order valence-electron chi connectivity index (χ3n) is 5.61. The SMILES string of the molecule is CS[C@H]1CCCC[C@H]1NCC1(c2ccc(F)cc2)CCOCC1. The van der Waals surface area contributed by atoms with E-state index in [0.717, 1.165) is 37.9 Å². The first-order valence-electron chi connectivity index (χ1n) is 8.83. The van der Waals surface area contributed by atoms with Crippen LogP contribution in [0.25, 0.3) is 0 Å². The molecule has 1 aromatic carbocycles. The first-order valence-corrected chi connectivity index (χ1v) is 10.1. The van der Waals surface area contributed by atoms with Gasteiger partial charge in [-0.1, -0.05) is 25.0 Å². The van der Waals surface area contributed by atoms with Gasteiger partial charge >= 0.3 is 0 Å². The lowest BCUT2D eigenvalue weighted by Crippen LogP contribution is -2.49. The zero-order valence-electron chi connectivity index (χ0n) is 14.0. The number of hydrogen-bond acceptors (Lipinski definition) is 3. The molecule has 0 unspecified atom stereocenters. The van der Waals surface area contributed by atoms with Crippen LogP contribution in [0.3, 0.4) is 0 Å². The molecular formula is C19H28FNOS. The van der Waals surface area contributed by atoms with E-state index in [4.69, 9.17) is 4.74 Å². The molecule has 2 fully saturated rings. The van der Waals surface area contributed by atoms with Crippen LogP contribution in [0.15, 0.2) is 24.3 Å². The summed E-state index contributed by atoms with van der Waals surface area (Å²) >= 11 is 2.00. The van der Waals surface area contributed by atoms with Crippen LogP contribution in [-0.2, 0) is 10.2 Å². The minimum absolute atomic E-state index is 0.0896. The van der Waals surface area contributed by atoms with Gasteiger partial charge in [0.05, 0.1) is 0 Å². The van der Waals surface area contributed by atoms with Crippen molar-refractivity contribution in [2.75, 3.05) is 26.0 Å². The maximum Gasteiger partial charge on any atom is 0.123 e. The van der Waals surface area contributed by atoms with E-state index in [0.29, 0.717) is 6.04 Å². The first kappa shape index (κ1) is 17.2. The van der Waals surface area contributed by atoms with Crippen LogP contribution >= 0.6 is 11.8 Å². The summed E-state index contributed by atoms with van der Waals surface area (Å²) in [4.78, 5) is 0. The van der Waals surface area contributed by atoms with Gasteiger partial charge in [-0.15, -0.1) is 0 Å². The van der Waals surface area contributed by atoms with Gasteiger partial charge in [-0.05, 0) is 49.6 Å². The number of hydrogen-bond donors (Lipinski definition) is 1. The fraction of sp³-hybridized carbons (Fsp3) is 0.684. The molecule has 0 amide bonds. The Labute approximate surface area is 143 Å². The monoisotopic (exact) mass is 337 g/mol. The van der Waals surface area contributed by atoms with Crippen molar-refractivity contribution in [3.63, 3.8) is 0 Å². The Hall–Kier alpha value is -0.580. The van der Waals surface area contributed by atoms with Crippen molar-refractivity contribution in [3.8, 4) is 0 Å². The van der Waals surface area contributed by atoms with Crippen molar-refractivity contribution < 1.29 is 9.13 Å². The van der Waals surface area contributed by atoms with Crippen LogP contribution < -0.4 is 5.32 Å². The van der Waals surface area contributed by atoms with E-state index in [1.54, 1.807) is 12.1 Å². The summed E-state index contributed by atoms with van der Waals surface area (Å²) < 4.78 is 18.9. The highest BCUT2D eigenvalue weighted by Crippen LogP contribution is 2.35. The van der Waals surface area contributed by atoms with Crippen molar-refractivity contribution in [1.82, 2.24) is 5.32 Å². The Kier molecular flexibility index (Phi) is 6.00. The number of halogens is 1. The third kappa shape index (κ3) is 4.09. The Bertz CT molecular complexity index is 487. The molecule has 3 rings (SSSR count). The summed E-state index contributed by atoms with van der Waals surface area (Å²) in [6.07, 6.45) is 9.56. The number of nitrogens with one attached hydrogen (secondary N) is 1. The molecule has 2 nitrogen and oxygen atoms in total. The predicted molar refractivity (Wildman–Crippen MR) is 95.7 cm³/mol. The lowest BCUT2D eigenvalue weighted by atomic mass is 9.73. The highest BCUT2D eigenvalue weighted by atomic mass is 32.2. The lowest BCUT2D eigenvalue weighted by molar-refractivity contribution is 0.0484. The first-order chi connectivity index (χ1) is 11.2. The molecular weight excluding hydrogens is 309 g/mol. The van der Waals surface area contributed by atoms with Gasteiger partial charge in [0.2, 0.25) is 0 Å². The molecule has 1 aliphatic carbocycles. The summed E-state index contributed by atoms with van der Waals surface area (Å²) in [5, 5.41) is 4.61. The highest BCUT2D eigenvalue weighted by Gasteiger charge is 2.36. The van der Waals surface area contributed by atoms with Gasteiger partial charge in [-0.25, -0.2) is 4.39 Å². The minimum Gasteiger partial charge on any atom is -0.381 e. The van der Waals surface area contributed by atoms with E-state index in [-0.39, 0.29) is 11.2 Å². The van der Waals surface area contributed by atoms with E-state index in [2.05, 4.69) is 11.6 Å². The van der Waals surface area contributed by atoms with E-state index in [1.807, 2.05) is 23.9 Å². The molecule has 0 aromatic heterocycles. The molecule has 1 aromatic rings. The third-order valence-corrected chi connectivity index (χ3v) is 6.78. The summed E-state index contributed by atoms with van der Waals surface area (Å²) in [7, 11) is 0. The molecule has 0 radical (unpaired) electrons. The van der Waals surface area contributed by atoms with E-state index in [9.17, 15) is 4.39 Å². The van der Waals surface area contributed by atoms with Gasteiger partial charge in [0, 0.05) is 36.5 Å². The molecule has 1 N–H and O–H groups in total. The molecule has 23 heavy (non-hydrogen) atoms. The highest BCUT2D eigenvalue weighted by molar-refractivity contribution is 7.99. The summed E-state index contributed by atoms with van der Waals surface area (Å²) in [5.74, 6) is -0.154. The van der Waals surface area contributed by atoms with E-state index < -0.39 is 0 Å². The average molecular weight is 338 g/mol. The van der Waals surface area contributed by atoms with Gasteiger partial charge in [0.1, 0.15) is 5.82 Å². The summed E-state index contributed by atoms with van der Waals surface area (Å²) in [6, 6.07) is 7.74. The van der Waals surface area contributed by atoms with Gasteiger partial charge < -0.3 is 10.1 Å². The fourth-order valence-electron chi connectivity index (χ4n) is 4.07. The molecule has 0 bridgehead atoms. The number of benzene rings is 1. The van der Waals surface area contributed by atoms with Crippen molar-refractivity contribution >= 4 is 11.8 Å². The van der Waals surface area contributed by atoms with Crippen molar-refractivity contribution in [3.05, 3.63) is 35.6 Å². The molecule has 128 valence electrons. The molecule has 0 spiro atoms. The lowest BCUT2D eigenvalue weighted by Gasteiger charge is -2.41. The second-order valence-electron chi connectivity index (χ2n) is 6.95. The maximum absolute atomic E-state index is 13.3. The van der Waals surface area contributed by atoms with E-state index >= 15 is 0 Å². The predicted octanol–water partition coefficient (Wildman–Crippen LogP) is 4.14. The fourth-order valence-corrected chi connectivity index (χ4v) is 5.04. The molecule has 2 aliphatic rings. The zero-order valence-corrected chi connectivity index (χ0v) is 14.8. The standard InChI is InChI=1S/C19H28FNOS/c1-23-18-5-3-2-4-17(18)21-14-19(10-12-22-13-11-19)15-6-8-16(20)9-7-15/h6-9,17-18,21H,2-5,10-14H2,1H3/t17-,18+/m1/s1. The number of thioether (sulfide) groups is 1. The molecule has 4 heteroatoms. The van der Waals surface area contributed by atoms with Crippen LogP contribution in [0.5, 0.6) is 0 Å². The summed E-state index contributed by atoms with van der Waals surface area (Å²) in [6.45, 7) is 2.58. The number of rotatable bonds is 5. The van der Waals surface area contributed by atoms with Crippen LogP contribution in [0.1, 0.15) is 44.1 Å². The quantitative estimate of drug-likeness (QED) is 0.872. The largest absolute Gasteiger partial charge is 0.381 e. The Morgan fingerprint density at radius 2 is 1.87 bits per heavy atom. The van der Waals surface area contributed by atoms with Gasteiger partial charge in [-0.2, -0.15) is 11.8 Å². The Morgan fingerprint density at radius 3 is 2.57 bits per heavy atom. The van der Waals surface area contributed by atoms with Crippen LogP contribution in [0, 0.1) is 5.82 Å². The van der Waals surface area contributed by atoms with E-state index in [1.165, 1.54) is 31.2 Å².